The third-order valence-electron chi connectivity index (χ3n) is 6.42. The number of pyridine rings is 1. The number of aliphatic hydroxyl groups is 1. The molecular formula is C25H27N7O3. The first-order chi connectivity index (χ1) is 17.2. The highest BCUT2D eigenvalue weighted by molar-refractivity contribution is 5.77. The van der Waals surface area contributed by atoms with Crippen molar-refractivity contribution in [3.8, 4) is 22.9 Å². The van der Waals surface area contributed by atoms with E-state index >= 15 is 0 Å². The first-order valence-corrected chi connectivity index (χ1v) is 11.8. The van der Waals surface area contributed by atoms with E-state index in [2.05, 4.69) is 25.5 Å². The molecule has 0 saturated carbocycles. The first-order valence-electron chi connectivity index (χ1n) is 11.8. The van der Waals surface area contributed by atoms with Crippen LogP contribution in [0.5, 0.6) is 11.6 Å². The Kier molecular flexibility index (Phi) is 5.49. The first kappa shape index (κ1) is 21.5. The van der Waals surface area contributed by atoms with Gasteiger partial charge in [-0.2, -0.15) is 0 Å². The fourth-order valence-electron chi connectivity index (χ4n) is 4.58. The van der Waals surface area contributed by atoms with E-state index in [1.807, 2.05) is 41.1 Å². The number of nitrogens with one attached hydrogen (secondary N) is 2. The summed E-state index contributed by atoms with van der Waals surface area (Å²) in [6.07, 6.45) is 8.66. The van der Waals surface area contributed by atoms with Crippen LogP contribution in [0.4, 0.5) is 22.9 Å². The molecule has 5 heterocycles. The molecule has 2 aliphatic rings. The number of hydrogen-bond acceptors (Lipinski definition) is 9. The molecule has 0 radical (unpaired) electrons. The number of aliphatic hydroxyl groups excluding tert-OH is 1. The van der Waals surface area contributed by atoms with Crippen molar-refractivity contribution in [2.24, 2.45) is 0 Å². The van der Waals surface area contributed by atoms with Crippen LogP contribution in [0.25, 0.3) is 16.9 Å². The second-order valence-corrected chi connectivity index (χ2v) is 8.71. The van der Waals surface area contributed by atoms with Crippen molar-refractivity contribution in [1.82, 2.24) is 19.4 Å². The van der Waals surface area contributed by atoms with Gasteiger partial charge in [0.25, 0.3) is 0 Å². The lowest BCUT2D eigenvalue weighted by Gasteiger charge is -2.32. The van der Waals surface area contributed by atoms with Gasteiger partial charge in [0.05, 0.1) is 30.3 Å². The monoisotopic (exact) mass is 473 g/mol. The lowest BCUT2D eigenvalue weighted by atomic mass is 10.1. The van der Waals surface area contributed by atoms with Gasteiger partial charge in [0, 0.05) is 61.7 Å². The summed E-state index contributed by atoms with van der Waals surface area (Å²) in [4.78, 5) is 16.1. The number of anilines is 4. The Morgan fingerprint density at radius 2 is 2.09 bits per heavy atom. The molecule has 1 fully saturated rings. The van der Waals surface area contributed by atoms with Gasteiger partial charge in [0.15, 0.2) is 11.5 Å². The van der Waals surface area contributed by atoms with Crippen LogP contribution in [-0.4, -0.2) is 63.9 Å². The summed E-state index contributed by atoms with van der Waals surface area (Å²) in [6, 6.07) is 8.03. The molecule has 3 N–H and O–H groups in total. The van der Waals surface area contributed by atoms with E-state index in [0.717, 1.165) is 66.5 Å². The Bertz CT molecular complexity index is 1360. The lowest BCUT2D eigenvalue weighted by molar-refractivity contribution is 0.145. The predicted octanol–water partition coefficient (Wildman–Crippen LogP) is 3.31. The zero-order valence-electron chi connectivity index (χ0n) is 19.4. The van der Waals surface area contributed by atoms with Gasteiger partial charge in [0.1, 0.15) is 12.4 Å². The molecule has 0 spiro atoms. The molecule has 1 saturated heterocycles. The molecule has 10 heteroatoms. The second kappa shape index (κ2) is 8.95. The summed E-state index contributed by atoms with van der Waals surface area (Å²) in [5.41, 5.74) is 5.08. The Morgan fingerprint density at radius 1 is 1.20 bits per heavy atom. The van der Waals surface area contributed by atoms with Gasteiger partial charge in [-0.25, -0.2) is 15.0 Å². The Hall–Kier alpha value is -4.05. The highest BCUT2D eigenvalue weighted by atomic mass is 16.5. The highest BCUT2D eigenvalue weighted by Gasteiger charge is 2.21. The molecule has 1 aromatic carbocycles. The SMILES string of the molecule is COc1cc(Nc2nc(-c3cnc4c(c3)NCCO4)cn3ccnc23)ccc1N1CCC(O)CC1. The van der Waals surface area contributed by atoms with Crippen LogP contribution < -0.4 is 25.0 Å². The van der Waals surface area contributed by atoms with Gasteiger partial charge in [-0.15, -0.1) is 0 Å². The number of ether oxygens (including phenoxy) is 2. The van der Waals surface area contributed by atoms with Crippen molar-refractivity contribution < 1.29 is 14.6 Å². The van der Waals surface area contributed by atoms with Crippen molar-refractivity contribution in [3.63, 3.8) is 0 Å². The van der Waals surface area contributed by atoms with Crippen LogP contribution in [0.1, 0.15) is 12.8 Å². The second-order valence-electron chi connectivity index (χ2n) is 8.71. The zero-order valence-corrected chi connectivity index (χ0v) is 19.4. The molecule has 4 aromatic rings. The van der Waals surface area contributed by atoms with Crippen molar-refractivity contribution in [3.05, 3.63) is 49.1 Å². The summed E-state index contributed by atoms with van der Waals surface area (Å²) in [7, 11) is 1.67. The van der Waals surface area contributed by atoms with Crippen LogP contribution >= 0.6 is 0 Å². The normalized spacial score (nSPS) is 15.9. The Balaban J connectivity index is 1.33. The number of piperidine rings is 1. The van der Waals surface area contributed by atoms with E-state index in [0.29, 0.717) is 24.0 Å². The molecule has 180 valence electrons. The topological polar surface area (TPSA) is 109 Å². The van der Waals surface area contributed by atoms with Crippen LogP contribution in [0.3, 0.4) is 0 Å². The number of imidazole rings is 1. The minimum absolute atomic E-state index is 0.220. The quantitative estimate of drug-likeness (QED) is 0.402. The molecule has 10 nitrogen and oxygen atoms in total. The van der Waals surface area contributed by atoms with E-state index in [4.69, 9.17) is 14.5 Å². The highest BCUT2D eigenvalue weighted by Crippen LogP contribution is 2.35. The molecule has 0 atom stereocenters. The van der Waals surface area contributed by atoms with Crippen LogP contribution in [0.2, 0.25) is 0 Å². The largest absolute Gasteiger partial charge is 0.495 e. The van der Waals surface area contributed by atoms with Gasteiger partial charge in [-0.3, -0.25) is 0 Å². The predicted molar refractivity (Wildman–Crippen MR) is 134 cm³/mol. The maximum Gasteiger partial charge on any atom is 0.237 e. The number of aromatic nitrogens is 4. The van der Waals surface area contributed by atoms with E-state index in [1.165, 1.54) is 0 Å². The number of rotatable bonds is 5. The molecular weight excluding hydrogens is 446 g/mol. The van der Waals surface area contributed by atoms with Gasteiger partial charge >= 0.3 is 0 Å². The van der Waals surface area contributed by atoms with Gasteiger partial charge in [0.2, 0.25) is 5.88 Å². The molecule has 0 amide bonds. The van der Waals surface area contributed by atoms with E-state index in [-0.39, 0.29) is 6.10 Å². The molecule has 2 aliphatic heterocycles. The zero-order chi connectivity index (χ0) is 23.8. The maximum atomic E-state index is 9.84. The summed E-state index contributed by atoms with van der Waals surface area (Å²) < 4.78 is 13.3. The van der Waals surface area contributed by atoms with Crippen molar-refractivity contribution in [2.75, 3.05) is 48.9 Å². The van der Waals surface area contributed by atoms with Gasteiger partial charge in [-0.05, 0) is 31.0 Å². The third kappa shape index (κ3) is 4.17. The molecule has 6 rings (SSSR count). The number of nitrogens with zero attached hydrogens (tertiary/aromatic N) is 5. The average molecular weight is 474 g/mol. The van der Waals surface area contributed by atoms with Gasteiger partial charge < -0.3 is 34.5 Å². The van der Waals surface area contributed by atoms with E-state index in [9.17, 15) is 5.11 Å². The van der Waals surface area contributed by atoms with Crippen LogP contribution in [-0.2, 0) is 0 Å². The van der Waals surface area contributed by atoms with Crippen LogP contribution in [0, 0.1) is 0 Å². The summed E-state index contributed by atoms with van der Waals surface area (Å²) in [5, 5.41) is 16.6. The fourth-order valence-corrected chi connectivity index (χ4v) is 4.58. The third-order valence-corrected chi connectivity index (χ3v) is 6.42. The minimum Gasteiger partial charge on any atom is -0.495 e. The van der Waals surface area contributed by atoms with Gasteiger partial charge in [-0.1, -0.05) is 0 Å². The average Bonchev–Trinajstić information content (AvgIpc) is 3.38. The fraction of sp³-hybridized carbons (Fsp3) is 0.320. The molecule has 0 aliphatic carbocycles. The smallest absolute Gasteiger partial charge is 0.237 e. The van der Waals surface area contributed by atoms with Crippen LogP contribution in [0.15, 0.2) is 49.1 Å². The molecule has 0 bridgehead atoms. The lowest BCUT2D eigenvalue weighted by Crippen LogP contribution is -2.35. The molecule has 35 heavy (non-hydrogen) atoms. The maximum absolute atomic E-state index is 9.84. The number of methoxy groups -OCH3 is 1. The van der Waals surface area contributed by atoms with E-state index in [1.54, 1.807) is 19.5 Å². The molecule has 0 unspecified atom stereocenters. The number of benzene rings is 1. The summed E-state index contributed by atoms with van der Waals surface area (Å²) >= 11 is 0. The van der Waals surface area contributed by atoms with E-state index < -0.39 is 0 Å². The standard InChI is InChI=1S/C25H27N7O3/c1-34-22-13-17(2-3-21(22)31-8-4-18(33)5-9-31)29-23-24-27-6-10-32(24)15-20(30-23)16-12-19-25(28-14-16)35-11-7-26-19/h2-3,6,10,12-15,18,26,33H,4-5,7-9,11H2,1H3,(H,29,30). The summed E-state index contributed by atoms with van der Waals surface area (Å²) in [6.45, 7) is 2.96. The molecule has 3 aromatic heterocycles. The minimum atomic E-state index is -0.220. The summed E-state index contributed by atoms with van der Waals surface area (Å²) in [5.74, 6) is 2.01. The Labute approximate surface area is 202 Å². The number of hydrogen-bond donors (Lipinski definition) is 3. The number of fused-ring (bicyclic) bond motifs is 2. The van der Waals surface area contributed by atoms with Crippen molar-refractivity contribution in [1.29, 1.82) is 0 Å². The van der Waals surface area contributed by atoms with Crippen molar-refractivity contribution in [2.45, 2.75) is 18.9 Å². The Morgan fingerprint density at radius 3 is 2.94 bits per heavy atom. The van der Waals surface area contributed by atoms with Crippen molar-refractivity contribution >= 4 is 28.5 Å².